The highest BCUT2D eigenvalue weighted by Gasteiger charge is 2.08. The summed E-state index contributed by atoms with van der Waals surface area (Å²) >= 11 is 3.19. The second-order valence-electron chi connectivity index (χ2n) is 4.41. The third-order valence-corrected chi connectivity index (χ3v) is 4.00. The van der Waals surface area contributed by atoms with E-state index in [4.69, 9.17) is 0 Å². The molecule has 20 heavy (non-hydrogen) atoms. The Morgan fingerprint density at radius 2 is 1.95 bits per heavy atom. The molecular weight excluding hydrogens is 323 g/mol. The molecule has 1 heterocycles. The molecule has 0 aliphatic heterocycles. The molecule has 0 aliphatic carbocycles. The lowest BCUT2D eigenvalue weighted by molar-refractivity contribution is 0.605. The zero-order valence-electron chi connectivity index (χ0n) is 10.4. The summed E-state index contributed by atoms with van der Waals surface area (Å²) in [6.45, 7) is 0.224. The van der Waals surface area contributed by atoms with Crippen LogP contribution in [0.2, 0.25) is 0 Å². The van der Waals surface area contributed by atoms with Crippen LogP contribution in [0.5, 0.6) is 0 Å². The van der Waals surface area contributed by atoms with Crippen LogP contribution in [-0.4, -0.2) is 9.78 Å². The number of hydrogen-bond donors (Lipinski definition) is 0. The number of rotatable bonds is 2. The fourth-order valence-corrected chi connectivity index (χ4v) is 2.46. The maximum absolute atomic E-state index is 13.5. The van der Waals surface area contributed by atoms with Crippen molar-refractivity contribution in [1.82, 2.24) is 9.78 Å². The van der Waals surface area contributed by atoms with E-state index in [0.29, 0.717) is 15.4 Å². The maximum atomic E-state index is 13.5. The summed E-state index contributed by atoms with van der Waals surface area (Å²) in [5.74, 6) is -0.351. The Labute approximate surface area is 122 Å². The van der Waals surface area contributed by atoms with Gasteiger partial charge in [0.2, 0.25) is 0 Å². The fourth-order valence-electron chi connectivity index (χ4n) is 2.07. The molecule has 3 rings (SSSR count). The third kappa shape index (κ3) is 2.25. The lowest BCUT2D eigenvalue weighted by Crippen LogP contribution is -2.23. The average Bonchev–Trinajstić information content (AvgIpc) is 2.47. The van der Waals surface area contributed by atoms with Gasteiger partial charge in [-0.25, -0.2) is 9.07 Å². The first-order valence-electron chi connectivity index (χ1n) is 6.04. The molecule has 0 amide bonds. The van der Waals surface area contributed by atoms with Crippen molar-refractivity contribution in [2.75, 3.05) is 0 Å². The van der Waals surface area contributed by atoms with Gasteiger partial charge in [-0.15, -0.1) is 0 Å². The Balaban J connectivity index is 2.10. The van der Waals surface area contributed by atoms with Crippen LogP contribution < -0.4 is 5.56 Å². The molecule has 3 nitrogen and oxygen atoms in total. The van der Waals surface area contributed by atoms with Crippen LogP contribution in [0.3, 0.4) is 0 Å². The van der Waals surface area contributed by atoms with Gasteiger partial charge in [-0.1, -0.05) is 30.3 Å². The van der Waals surface area contributed by atoms with Gasteiger partial charge in [0.05, 0.1) is 22.6 Å². The van der Waals surface area contributed by atoms with Crippen molar-refractivity contribution in [2.45, 2.75) is 6.54 Å². The highest BCUT2D eigenvalue weighted by Crippen LogP contribution is 2.20. The highest BCUT2D eigenvalue weighted by atomic mass is 79.9. The largest absolute Gasteiger partial charge is 0.274 e. The Morgan fingerprint density at radius 3 is 2.80 bits per heavy atom. The van der Waals surface area contributed by atoms with Crippen LogP contribution in [0.25, 0.3) is 10.8 Å². The van der Waals surface area contributed by atoms with Gasteiger partial charge in [0, 0.05) is 5.39 Å². The van der Waals surface area contributed by atoms with E-state index in [1.165, 1.54) is 10.7 Å². The molecule has 0 bridgehead atoms. The molecule has 0 radical (unpaired) electrons. The summed E-state index contributed by atoms with van der Waals surface area (Å²) in [6, 6.07) is 12.0. The topological polar surface area (TPSA) is 34.9 Å². The molecule has 0 aliphatic rings. The van der Waals surface area contributed by atoms with E-state index < -0.39 is 0 Å². The molecule has 0 spiro atoms. The summed E-state index contributed by atoms with van der Waals surface area (Å²) in [5, 5.41) is 5.54. The first kappa shape index (κ1) is 13.0. The van der Waals surface area contributed by atoms with E-state index >= 15 is 0 Å². The van der Waals surface area contributed by atoms with E-state index in [0.717, 1.165) is 5.39 Å². The fraction of sp³-hybridized carbons (Fsp3) is 0.0667. The van der Waals surface area contributed by atoms with Crippen molar-refractivity contribution in [3.05, 3.63) is 74.9 Å². The van der Waals surface area contributed by atoms with Gasteiger partial charge in [-0.05, 0) is 33.6 Å². The molecule has 5 heteroatoms. The Kier molecular flexibility index (Phi) is 3.36. The van der Waals surface area contributed by atoms with Crippen LogP contribution in [0.1, 0.15) is 5.56 Å². The minimum atomic E-state index is -0.351. The summed E-state index contributed by atoms with van der Waals surface area (Å²) in [5.41, 5.74) is 0.495. The maximum Gasteiger partial charge on any atom is 0.274 e. The monoisotopic (exact) mass is 332 g/mol. The summed E-state index contributed by atoms with van der Waals surface area (Å²) < 4.78 is 15.2. The number of benzene rings is 2. The van der Waals surface area contributed by atoms with Crippen LogP contribution in [0.4, 0.5) is 4.39 Å². The first-order valence-corrected chi connectivity index (χ1v) is 6.84. The van der Waals surface area contributed by atoms with Crippen LogP contribution in [0.15, 0.2) is 57.9 Å². The van der Waals surface area contributed by atoms with Gasteiger partial charge in [-0.3, -0.25) is 4.79 Å². The minimum Gasteiger partial charge on any atom is -0.267 e. The van der Waals surface area contributed by atoms with Gasteiger partial charge >= 0.3 is 0 Å². The molecule has 0 fully saturated rings. The SMILES string of the molecule is O=c1c2ccccc2cnn1Cc1cccc(F)c1Br. The number of halogens is 2. The number of aromatic nitrogens is 2. The average molecular weight is 333 g/mol. The first-order chi connectivity index (χ1) is 9.66. The van der Waals surface area contributed by atoms with Crippen LogP contribution in [0, 0.1) is 5.82 Å². The molecule has 100 valence electrons. The van der Waals surface area contributed by atoms with Gasteiger partial charge in [0.25, 0.3) is 5.56 Å². The van der Waals surface area contributed by atoms with Crippen molar-refractivity contribution in [1.29, 1.82) is 0 Å². The van der Waals surface area contributed by atoms with Crippen LogP contribution in [-0.2, 0) is 6.54 Å². The summed E-state index contributed by atoms with van der Waals surface area (Å²) in [7, 11) is 0. The zero-order chi connectivity index (χ0) is 14.1. The number of hydrogen-bond acceptors (Lipinski definition) is 2. The molecule has 1 aromatic heterocycles. The van der Waals surface area contributed by atoms with E-state index in [1.807, 2.05) is 18.2 Å². The predicted molar refractivity (Wildman–Crippen MR) is 79.2 cm³/mol. The molecule has 0 saturated heterocycles. The smallest absolute Gasteiger partial charge is 0.267 e. The number of fused-ring (bicyclic) bond motifs is 1. The second kappa shape index (κ2) is 5.17. The molecule has 0 unspecified atom stereocenters. The third-order valence-electron chi connectivity index (χ3n) is 3.11. The van der Waals surface area contributed by atoms with E-state index in [1.54, 1.807) is 24.4 Å². The van der Waals surface area contributed by atoms with Gasteiger partial charge in [0.15, 0.2) is 0 Å². The van der Waals surface area contributed by atoms with E-state index in [-0.39, 0.29) is 17.9 Å². The van der Waals surface area contributed by atoms with Crippen LogP contribution >= 0.6 is 15.9 Å². The lowest BCUT2D eigenvalue weighted by Gasteiger charge is -2.08. The quantitative estimate of drug-likeness (QED) is 0.721. The standard InChI is InChI=1S/C15H10BrFN2O/c16-14-11(5-3-7-13(14)17)9-19-15(20)12-6-2-1-4-10(12)8-18-19/h1-8H,9H2. The van der Waals surface area contributed by atoms with Crippen molar-refractivity contribution in [3.8, 4) is 0 Å². The lowest BCUT2D eigenvalue weighted by atomic mass is 10.2. The molecule has 0 saturated carbocycles. The van der Waals surface area contributed by atoms with Crippen molar-refractivity contribution in [2.24, 2.45) is 0 Å². The van der Waals surface area contributed by atoms with E-state index in [2.05, 4.69) is 21.0 Å². The van der Waals surface area contributed by atoms with Gasteiger partial charge < -0.3 is 0 Å². The van der Waals surface area contributed by atoms with E-state index in [9.17, 15) is 9.18 Å². The Bertz CT molecular complexity index is 845. The molecule has 3 aromatic rings. The van der Waals surface area contributed by atoms with Crippen molar-refractivity contribution < 1.29 is 4.39 Å². The minimum absolute atomic E-state index is 0.181. The zero-order valence-corrected chi connectivity index (χ0v) is 12.0. The molecule has 0 N–H and O–H groups in total. The summed E-state index contributed by atoms with van der Waals surface area (Å²) in [4.78, 5) is 12.3. The molecule has 2 aromatic carbocycles. The Morgan fingerprint density at radius 1 is 1.15 bits per heavy atom. The Hall–Kier alpha value is -2.01. The molecule has 0 atom stereocenters. The number of nitrogens with zero attached hydrogens (tertiary/aromatic N) is 2. The van der Waals surface area contributed by atoms with Crippen molar-refractivity contribution in [3.63, 3.8) is 0 Å². The summed E-state index contributed by atoms with van der Waals surface area (Å²) in [6.07, 6.45) is 1.64. The normalized spacial score (nSPS) is 10.9. The highest BCUT2D eigenvalue weighted by molar-refractivity contribution is 9.10. The second-order valence-corrected chi connectivity index (χ2v) is 5.20. The van der Waals surface area contributed by atoms with Gasteiger partial charge in [-0.2, -0.15) is 5.10 Å². The predicted octanol–water partition coefficient (Wildman–Crippen LogP) is 3.35. The van der Waals surface area contributed by atoms with Crippen molar-refractivity contribution >= 4 is 26.7 Å². The van der Waals surface area contributed by atoms with Gasteiger partial charge in [0.1, 0.15) is 5.82 Å². The molecular formula is C15H10BrFN2O.